The van der Waals surface area contributed by atoms with E-state index in [1.807, 2.05) is 24.3 Å². The number of nitrogens with zero attached hydrogens (tertiary/aromatic N) is 4. The van der Waals surface area contributed by atoms with Crippen molar-refractivity contribution in [2.75, 3.05) is 0 Å². The summed E-state index contributed by atoms with van der Waals surface area (Å²) in [5.74, 6) is 0.0908. The van der Waals surface area contributed by atoms with E-state index in [1.54, 1.807) is 48.8 Å². The minimum absolute atomic E-state index is 0.181. The van der Waals surface area contributed by atoms with Gasteiger partial charge in [-0.25, -0.2) is 19.5 Å². The van der Waals surface area contributed by atoms with Gasteiger partial charge in [-0.2, -0.15) is 0 Å². The molecule has 4 rings (SSSR count). The van der Waals surface area contributed by atoms with E-state index in [0.717, 1.165) is 0 Å². The molecule has 0 saturated carbocycles. The number of para-hydroxylation sites is 1. The van der Waals surface area contributed by atoms with Crippen LogP contribution in [0.2, 0.25) is 0 Å². The minimum atomic E-state index is -0.294. The summed E-state index contributed by atoms with van der Waals surface area (Å²) in [6.07, 6.45) is 4.65. The Morgan fingerprint density at radius 2 is 1.54 bits per heavy atom. The summed E-state index contributed by atoms with van der Waals surface area (Å²) in [5, 5.41) is 11.9. The molecule has 0 saturated heterocycles. The molecule has 126 valence electrons. The topological polar surface area (TPSA) is 80.4 Å². The highest BCUT2D eigenvalue weighted by atomic mass is 16.3. The fraction of sp³-hybridized carbons (Fsp3) is 0. The maximum Gasteiger partial charge on any atom is 0.265 e. The van der Waals surface area contributed by atoms with Crippen LogP contribution in [0.15, 0.2) is 82.8 Å². The van der Waals surface area contributed by atoms with Gasteiger partial charge in [-0.15, -0.1) is 0 Å². The molecule has 0 fully saturated rings. The number of aliphatic imine (C=N–C) groups is 1. The van der Waals surface area contributed by atoms with Gasteiger partial charge in [0.15, 0.2) is 0 Å². The molecule has 6 nitrogen and oxygen atoms in total. The number of aromatic nitrogens is 3. The molecular weight excluding hydrogens is 328 g/mol. The van der Waals surface area contributed by atoms with Crippen LogP contribution in [0, 0.1) is 0 Å². The summed E-state index contributed by atoms with van der Waals surface area (Å²) >= 11 is 0. The first-order chi connectivity index (χ1) is 12.8. The zero-order valence-corrected chi connectivity index (χ0v) is 13.6. The van der Waals surface area contributed by atoms with Crippen molar-refractivity contribution < 1.29 is 5.11 Å². The Morgan fingerprint density at radius 3 is 2.27 bits per heavy atom. The molecule has 0 spiro atoms. The Kier molecular flexibility index (Phi) is 3.99. The number of fused-ring (bicyclic) bond motifs is 1. The first-order valence-corrected chi connectivity index (χ1v) is 7.99. The van der Waals surface area contributed by atoms with Crippen molar-refractivity contribution in [2.45, 2.75) is 0 Å². The summed E-state index contributed by atoms with van der Waals surface area (Å²) in [6.45, 7) is 0. The Hall–Kier alpha value is -3.80. The smallest absolute Gasteiger partial charge is 0.265 e. The highest BCUT2D eigenvalue weighted by Gasteiger charge is 2.16. The van der Waals surface area contributed by atoms with E-state index in [1.165, 1.54) is 10.8 Å². The number of hydrogen-bond donors (Lipinski definition) is 1. The fourth-order valence-electron chi connectivity index (χ4n) is 2.79. The van der Waals surface area contributed by atoms with Crippen molar-refractivity contribution >= 4 is 22.9 Å². The largest absolute Gasteiger partial charge is 0.494 e. The Bertz CT molecular complexity index is 1150. The fourth-order valence-corrected chi connectivity index (χ4v) is 2.79. The van der Waals surface area contributed by atoms with Gasteiger partial charge < -0.3 is 5.11 Å². The van der Waals surface area contributed by atoms with Gasteiger partial charge in [-0.05, 0) is 24.3 Å². The summed E-state index contributed by atoms with van der Waals surface area (Å²) in [4.78, 5) is 25.2. The molecule has 0 amide bonds. The second kappa shape index (κ2) is 6.60. The Labute approximate surface area is 148 Å². The third kappa shape index (κ3) is 2.73. The molecule has 2 heterocycles. The van der Waals surface area contributed by atoms with Crippen molar-refractivity contribution in [1.29, 1.82) is 0 Å². The molecule has 0 aliphatic carbocycles. The molecule has 0 aliphatic rings. The molecular formula is C20H14N4O2. The summed E-state index contributed by atoms with van der Waals surface area (Å²) < 4.78 is 1.27. The van der Waals surface area contributed by atoms with Gasteiger partial charge >= 0.3 is 0 Å². The van der Waals surface area contributed by atoms with Crippen molar-refractivity contribution in [2.24, 2.45) is 4.99 Å². The van der Waals surface area contributed by atoms with Crippen LogP contribution in [0.4, 0.5) is 5.95 Å². The monoisotopic (exact) mass is 342 g/mol. The molecule has 6 heteroatoms. The molecule has 0 aliphatic heterocycles. The number of aromatic hydroxyl groups is 1. The zero-order chi connectivity index (χ0) is 17.9. The molecule has 1 N–H and O–H groups in total. The van der Waals surface area contributed by atoms with Crippen LogP contribution in [-0.4, -0.2) is 25.9 Å². The van der Waals surface area contributed by atoms with Crippen LogP contribution in [0.1, 0.15) is 5.56 Å². The maximum absolute atomic E-state index is 12.9. The van der Waals surface area contributed by atoms with Crippen molar-refractivity contribution in [3.63, 3.8) is 0 Å². The molecule has 0 unspecified atom stereocenters. The zero-order valence-electron chi connectivity index (χ0n) is 13.6. The van der Waals surface area contributed by atoms with Crippen molar-refractivity contribution in [3.8, 4) is 11.6 Å². The lowest BCUT2D eigenvalue weighted by molar-refractivity contribution is 0.436. The third-order valence-electron chi connectivity index (χ3n) is 3.98. The van der Waals surface area contributed by atoms with Gasteiger partial charge in [-0.1, -0.05) is 36.4 Å². The average molecular weight is 342 g/mol. The predicted molar refractivity (Wildman–Crippen MR) is 100 cm³/mol. The van der Waals surface area contributed by atoms with Crippen LogP contribution in [0.3, 0.4) is 0 Å². The van der Waals surface area contributed by atoms with Crippen molar-refractivity contribution in [1.82, 2.24) is 14.5 Å². The van der Waals surface area contributed by atoms with Crippen LogP contribution in [0.5, 0.6) is 5.88 Å². The number of pyridine rings is 1. The van der Waals surface area contributed by atoms with Crippen LogP contribution >= 0.6 is 0 Å². The summed E-state index contributed by atoms with van der Waals surface area (Å²) in [7, 11) is 0. The highest BCUT2D eigenvalue weighted by molar-refractivity contribution is 6.02. The van der Waals surface area contributed by atoms with Gasteiger partial charge in [0.25, 0.3) is 5.56 Å². The molecule has 0 bridgehead atoms. The predicted octanol–water partition coefficient (Wildman–Crippen LogP) is 3.24. The van der Waals surface area contributed by atoms with E-state index in [2.05, 4.69) is 15.0 Å². The lowest BCUT2D eigenvalue weighted by Crippen LogP contribution is -2.20. The van der Waals surface area contributed by atoms with E-state index in [-0.39, 0.29) is 17.4 Å². The number of rotatable bonds is 3. The quantitative estimate of drug-likeness (QED) is 0.580. The van der Waals surface area contributed by atoms with Gasteiger partial charge in [0.2, 0.25) is 11.8 Å². The summed E-state index contributed by atoms with van der Waals surface area (Å²) in [5.41, 5.74) is 0.709. The van der Waals surface area contributed by atoms with Crippen molar-refractivity contribution in [3.05, 3.63) is 89.0 Å². The lowest BCUT2D eigenvalue weighted by Gasteiger charge is -2.13. The Morgan fingerprint density at radius 1 is 0.885 bits per heavy atom. The number of benzene rings is 2. The maximum atomic E-state index is 12.9. The first-order valence-electron chi connectivity index (χ1n) is 7.99. The molecule has 0 radical (unpaired) electrons. The molecule has 26 heavy (non-hydrogen) atoms. The van der Waals surface area contributed by atoms with E-state index in [4.69, 9.17) is 0 Å². The van der Waals surface area contributed by atoms with Gasteiger partial charge in [0.05, 0.1) is 11.3 Å². The highest BCUT2D eigenvalue weighted by Crippen LogP contribution is 2.26. The van der Waals surface area contributed by atoms with Crippen LogP contribution < -0.4 is 5.56 Å². The van der Waals surface area contributed by atoms with Crippen LogP contribution in [-0.2, 0) is 0 Å². The van der Waals surface area contributed by atoms with E-state index < -0.39 is 0 Å². The Balaban J connectivity index is 2.00. The van der Waals surface area contributed by atoms with E-state index in [9.17, 15) is 9.90 Å². The third-order valence-corrected chi connectivity index (χ3v) is 3.98. The molecule has 2 aromatic heterocycles. The minimum Gasteiger partial charge on any atom is -0.494 e. The standard InChI is InChI=1S/C20H14N4O2/c25-18-16-10-5-4-9-15(16)17(13-23-20-21-11-6-12-22-20)19(26)24(18)14-7-2-1-3-8-14/h1-13,26H/b23-13+. The first kappa shape index (κ1) is 15.7. The average Bonchev–Trinajstić information content (AvgIpc) is 2.70. The van der Waals surface area contributed by atoms with E-state index in [0.29, 0.717) is 22.0 Å². The molecule has 4 aromatic rings. The van der Waals surface area contributed by atoms with Crippen LogP contribution in [0.25, 0.3) is 16.5 Å². The van der Waals surface area contributed by atoms with Gasteiger partial charge in [0.1, 0.15) is 0 Å². The second-order valence-electron chi connectivity index (χ2n) is 5.57. The lowest BCUT2D eigenvalue weighted by atomic mass is 10.1. The molecule has 0 atom stereocenters. The normalized spacial score (nSPS) is 11.2. The summed E-state index contributed by atoms with van der Waals surface area (Å²) in [6, 6.07) is 17.8. The van der Waals surface area contributed by atoms with E-state index >= 15 is 0 Å². The van der Waals surface area contributed by atoms with Gasteiger partial charge in [-0.3, -0.25) is 4.79 Å². The second-order valence-corrected chi connectivity index (χ2v) is 5.57. The van der Waals surface area contributed by atoms with Gasteiger partial charge in [0, 0.05) is 29.4 Å². The number of hydrogen-bond acceptors (Lipinski definition) is 5. The SMILES string of the molecule is O=c1c2ccccc2c(/C=N/c2ncccn2)c(O)n1-c1ccccc1. The molecule has 2 aromatic carbocycles.